The lowest BCUT2D eigenvalue weighted by molar-refractivity contribution is -0.124. The number of nitrogens with zero attached hydrogens (tertiary/aromatic N) is 1. The number of carbonyl (C=O) groups excluding carboxylic acids is 2. The molecule has 24 heavy (non-hydrogen) atoms. The molecule has 5 heteroatoms. The maximum Gasteiger partial charge on any atom is 0.254 e. The zero-order chi connectivity index (χ0) is 17.7. The van der Waals surface area contributed by atoms with Gasteiger partial charge in [-0.2, -0.15) is 0 Å². The molecule has 3 atom stereocenters. The third-order valence-electron chi connectivity index (χ3n) is 4.43. The summed E-state index contributed by atoms with van der Waals surface area (Å²) in [6, 6.07) is 7.46. The molecule has 0 unspecified atom stereocenters. The number of morpholine rings is 1. The summed E-state index contributed by atoms with van der Waals surface area (Å²) in [7, 11) is 0. The van der Waals surface area contributed by atoms with E-state index in [1.165, 1.54) is 0 Å². The molecule has 1 aliphatic rings. The minimum atomic E-state index is 0.0242. The summed E-state index contributed by atoms with van der Waals surface area (Å²) >= 11 is 0. The van der Waals surface area contributed by atoms with Crippen molar-refractivity contribution in [1.82, 2.24) is 10.2 Å². The lowest BCUT2D eigenvalue weighted by Crippen LogP contribution is -2.48. The van der Waals surface area contributed by atoms with Crippen LogP contribution in [0, 0.1) is 5.92 Å². The minimum absolute atomic E-state index is 0.0242. The predicted octanol–water partition coefficient (Wildman–Crippen LogP) is 2.60. The largest absolute Gasteiger partial charge is 0.372 e. The lowest BCUT2D eigenvalue weighted by atomic mass is 10.1. The first-order valence-corrected chi connectivity index (χ1v) is 8.72. The Morgan fingerprint density at radius 2 is 1.79 bits per heavy atom. The molecule has 1 aromatic rings. The van der Waals surface area contributed by atoms with Crippen molar-refractivity contribution in [2.24, 2.45) is 5.92 Å². The summed E-state index contributed by atoms with van der Waals surface area (Å²) in [6.45, 7) is 9.62. The Morgan fingerprint density at radius 1 is 1.21 bits per heavy atom. The number of benzene rings is 1. The average Bonchev–Trinajstić information content (AvgIpc) is 2.57. The van der Waals surface area contributed by atoms with Crippen LogP contribution in [-0.2, 0) is 16.1 Å². The fourth-order valence-electron chi connectivity index (χ4n) is 2.84. The third-order valence-corrected chi connectivity index (χ3v) is 4.43. The van der Waals surface area contributed by atoms with Crippen molar-refractivity contribution in [1.29, 1.82) is 0 Å². The normalized spacial score (nSPS) is 22.1. The van der Waals surface area contributed by atoms with Crippen LogP contribution in [0.1, 0.15) is 50.0 Å². The number of carbonyl (C=O) groups is 2. The van der Waals surface area contributed by atoms with Gasteiger partial charge in [0.05, 0.1) is 12.2 Å². The fraction of sp³-hybridized carbons (Fsp3) is 0.579. The van der Waals surface area contributed by atoms with Crippen LogP contribution in [0.4, 0.5) is 0 Å². The first-order valence-electron chi connectivity index (χ1n) is 8.72. The second-order valence-electron chi connectivity index (χ2n) is 6.69. The van der Waals surface area contributed by atoms with Gasteiger partial charge in [0.15, 0.2) is 0 Å². The summed E-state index contributed by atoms with van der Waals surface area (Å²) in [5, 5.41) is 2.92. The topological polar surface area (TPSA) is 58.6 Å². The molecule has 1 fully saturated rings. The van der Waals surface area contributed by atoms with E-state index in [4.69, 9.17) is 4.74 Å². The zero-order valence-electron chi connectivity index (χ0n) is 15.0. The van der Waals surface area contributed by atoms with Crippen molar-refractivity contribution in [2.45, 2.75) is 52.9 Å². The summed E-state index contributed by atoms with van der Waals surface area (Å²) in [5.74, 6) is 0.122. The van der Waals surface area contributed by atoms with Crippen molar-refractivity contribution in [2.75, 3.05) is 13.1 Å². The fourth-order valence-corrected chi connectivity index (χ4v) is 2.84. The highest BCUT2D eigenvalue weighted by atomic mass is 16.5. The minimum Gasteiger partial charge on any atom is -0.372 e. The van der Waals surface area contributed by atoms with Gasteiger partial charge in [0.1, 0.15) is 0 Å². The van der Waals surface area contributed by atoms with Gasteiger partial charge in [-0.05, 0) is 38.0 Å². The Bertz CT molecular complexity index is 560. The third kappa shape index (κ3) is 4.81. The molecule has 1 saturated heterocycles. The SMILES string of the molecule is CC[C@H](C)C(=O)NCc1ccc(C(=O)N2C[C@H](C)O[C@@H](C)C2)cc1. The number of ether oxygens (including phenoxy) is 1. The molecule has 1 aromatic carbocycles. The molecule has 2 amide bonds. The first-order chi connectivity index (χ1) is 11.4. The van der Waals surface area contributed by atoms with Crippen molar-refractivity contribution in [3.8, 4) is 0 Å². The predicted molar refractivity (Wildman–Crippen MR) is 93.7 cm³/mol. The van der Waals surface area contributed by atoms with Crippen LogP contribution in [-0.4, -0.2) is 42.0 Å². The molecule has 1 N–H and O–H groups in total. The molecule has 2 rings (SSSR count). The van der Waals surface area contributed by atoms with E-state index >= 15 is 0 Å². The van der Waals surface area contributed by atoms with Crippen LogP contribution in [0.3, 0.4) is 0 Å². The lowest BCUT2D eigenvalue weighted by Gasteiger charge is -2.35. The van der Waals surface area contributed by atoms with Crippen molar-refractivity contribution < 1.29 is 14.3 Å². The molecule has 0 aromatic heterocycles. The second kappa shape index (κ2) is 8.29. The van der Waals surface area contributed by atoms with Gasteiger partial charge in [-0.15, -0.1) is 0 Å². The standard InChI is InChI=1S/C19H28N2O3/c1-5-13(2)18(22)20-10-16-6-8-17(9-7-16)19(23)21-11-14(3)24-15(4)12-21/h6-9,13-15H,5,10-12H2,1-4H3,(H,20,22)/t13-,14-,15-/m0/s1. The molecule has 0 radical (unpaired) electrons. The van der Waals surface area contributed by atoms with Crippen LogP contribution in [0.2, 0.25) is 0 Å². The molecule has 1 aliphatic heterocycles. The van der Waals surface area contributed by atoms with E-state index in [2.05, 4.69) is 5.32 Å². The van der Waals surface area contributed by atoms with E-state index in [1.54, 1.807) is 0 Å². The van der Waals surface area contributed by atoms with Crippen LogP contribution >= 0.6 is 0 Å². The molecular weight excluding hydrogens is 304 g/mol. The molecule has 0 bridgehead atoms. The Balaban J connectivity index is 1.94. The Kier molecular flexibility index (Phi) is 6.37. The maximum absolute atomic E-state index is 12.6. The van der Waals surface area contributed by atoms with Crippen molar-refractivity contribution in [3.05, 3.63) is 35.4 Å². The van der Waals surface area contributed by atoms with E-state index in [1.807, 2.05) is 56.9 Å². The number of hydrogen-bond donors (Lipinski definition) is 1. The number of rotatable bonds is 5. The Morgan fingerprint density at radius 3 is 2.33 bits per heavy atom. The summed E-state index contributed by atoms with van der Waals surface area (Å²) in [5.41, 5.74) is 1.67. The first kappa shape index (κ1) is 18.5. The van der Waals surface area contributed by atoms with Gasteiger partial charge in [-0.1, -0.05) is 26.0 Å². The highest BCUT2D eigenvalue weighted by Gasteiger charge is 2.26. The van der Waals surface area contributed by atoms with Gasteiger partial charge < -0.3 is 15.0 Å². The monoisotopic (exact) mass is 332 g/mol. The summed E-state index contributed by atoms with van der Waals surface area (Å²) in [6.07, 6.45) is 0.954. The maximum atomic E-state index is 12.6. The van der Waals surface area contributed by atoms with Gasteiger partial charge in [-0.25, -0.2) is 0 Å². The van der Waals surface area contributed by atoms with E-state index in [0.29, 0.717) is 25.2 Å². The summed E-state index contributed by atoms with van der Waals surface area (Å²) in [4.78, 5) is 26.2. The molecule has 5 nitrogen and oxygen atoms in total. The van der Waals surface area contributed by atoms with Crippen molar-refractivity contribution >= 4 is 11.8 Å². The average molecular weight is 332 g/mol. The van der Waals surface area contributed by atoms with E-state index in [9.17, 15) is 9.59 Å². The van der Waals surface area contributed by atoms with Crippen LogP contribution in [0.25, 0.3) is 0 Å². The zero-order valence-corrected chi connectivity index (χ0v) is 15.0. The van der Waals surface area contributed by atoms with Crippen molar-refractivity contribution in [3.63, 3.8) is 0 Å². The highest BCUT2D eigenvalue weighted by Crippen LogP contribution is 2.15. The summed E-state index contributed by atoms with van der Waals surface area (Å²) < 4.78 is 5.67. The Hall–Kier alpha value is -1.88. The molecule has 0 spiro atoms. The molecule has 132 valence electrons. The molecular formula is C19H28N2O3. The van der Waals surface area contributed by atoms with Crippen LogP contribution < -0.4 is 5.32 Å². The number of nitrogens with one attached hydrogen (secondary N) is 1. The number of amides is 2. The highest BCUT2D eigenvalue weighted by molar-refractivity contribution is 5.94. The van der Waals surface area contributed by atoms with Gasteiger partial charge in [0.25, 0.3) is 5.91 Å². The molecule has 0 aliphatic carbocycles. The molecule has 1 heterocycles. The quantitative estimate of drug-likeness (QED) is 0.902. The van der Waals surface area contributed by atoms with Gasteiger partial charge in [-0.3, -0.25) is 9.59 Å². The van der Waals surface area contributed by atoms with E-state index < -0.39 is 0 Å². The second-order valence-corrected chi connectivity index (χ2v) is 6.69. The van der Waals surface area contributed by atoms with Gasteiger partial charge in [0.2, 0.25) is 5.91 Å². The number of hydrogen-bond acceptors (Lipinski definition) is 3. The Labute approximate surface area is 144 Å². The van der Waals surface area contributed by atoms with Gasteiger partial charge in [0, 0.05) is 31.1 Å². The van der Waals surface area contributed by atoms with E-state index in [-0.39, 0.29) is 29.9 Å². The van der Waals surface area contributed by atoms with Crippen LogP contribution in [0.5, 0.6) is 0 Å². The van der Waals surface area contributed by atoms with Gasteiger partial charge >= 0.3 is 0 Å². The smallest absolute Gasteiger partial charge is 0.254 e. The van der Waals surface area contributed by atoms with Crippen LogP contribution in [0.15, 0.2) is 24.3 Å². The van der Waals surface area contributed by atoms with E-state index in [0.717, 1.165) is 12.0 Å². The molecule has 0 saturated carbocycles.